The van der Waals surface area contributed by atoms with E-state index in [9.17, 15) is 9.18 Å². The van der Waals surface area contributed by atoms with E-state index in [1.165, 1.54) is 7.11 Å². The predicted octanol–water partition coefficient (Wildman–Crippen LogP) is 1.51. The van der Waals surface area contributed by atoms with Gasteiger partial charge in [0.25, 0.3) is 0 Å². The molecule has 1 saturated heterocycles. The highest BCUT2D eigenvalue weighted by Gasteiger charge is 2.22. The number of aromatic nitrogens is 2. The van der Waals surface area contributed by atoms with Crippen LogP contribution in [-0.2, 0) is 4.74 Å². The molecule has 1 fully saturated rings. The number of halogens is 1. The maximum absolute atomic E-state index is 13.4. The number of hydrogen-bond acceptors (Lipinski definition) is 5. The highest BCUT2D eigenvalue weighted by Crippen LogP contribution is 2.18. The number of aryl methyl sites for hydroxylation is 1. The number of carbonyl (C=O) groups excluding carboxylic acids is 1. The molecule has 0 aromatic carbocycles. The van der Waals surface area contributed by atoms with Crippen LogP contribution < -0.4 is 4.90 Å². The van der Waals surface area contributed by atoms with Crippen molar-refractivity contribution in [3.05, 3.63) is 17.5 Å². The molecule has 98 valence electrons. The Morgan fingerprint density at radius 1 is 1.56 bits per heavy atom. The fourth-order valence-electron chi connectivity index (χ4n) is 2.01. The monoisotopic (exact) mass is 253 g/mol. The number of nitrogens with zero attached hydrogens (tertiary/aromatic N) is 3. The molecule has 1 unspecified atom stereocenters. The van der Waals surface area contributed by atoms with Crippen LogP contribution in [-0.4, -0.2) is 42.3 Å². The van der Waals surface area contributed by atoms with Gasteiger partial charge in [-0.15, -0.1) is 0 Å². The average Bonchev–Trinajstić information content (AvgIpc) is 2.37. The van der Waals surface area contributed by atoms with E-state index in [1.54, 1.807) is 17.9 Å². The molecule has 1 aliphatic heterocycles. The van der Waals surface area contributed by atoms with E-state index in [-0.39, 0.29) is 12.2 Å². The number of alkyl halides is 1. The van der Waals surface area contributed by atoms with Gasteiger partial charge >= 0.3 is 5.97 Å². The van der Waals surface area contributed by atoms with Crippen LogP contribution in [0.25, 0.3) is 0 Å². The number of rotatable bonds is 2. The van der Waals surface area contributed by atoms with E-state index < -0.39 is 12.1 Å². The normalized spacial score (nSPS) is 19.7. The number of ether oxygens (including phenoxy) is 1. The lowest BCUT2D eigenvalue weighted by Crippen LogP contribution is -2.37. The third-order valence-corrected chi connectivity index (χ3v) is 2.88. The molecule has 0 amide bonds. The molecule has 0 aliphatic carbocycles. The zero-order valence-electron chi connectivity index (χ0n) is 10.5. The van der Waals surface area contributed by atoms with E-state index in [0.717, 1.165) is 6.42 Å². The Bertz CT molecular complexity index is 453. The quantitative estimate of drug-likeness (QED) is 0.748. The van der Waals surface area contributed by atoms with E-state index in [0.29, 0.717) is 24.6 Å². The SMILES string of the molecule is COC(=O)c1cc(C)nc(N2CCCC(F)C2)n1. The molecule has 1 atom stereocenters. The predicted molar refractivity (Wildman–Crippen MR) is 64.5 cm³/mol. The van der Waals surface area contributed by atoms with Gasteiger partial charge in [-0.3, -0.25) is 0 Å². The number of methoxy groups -OCH3 is 1. The molecule has 18 heavy (non-hydrogen) atoms. The van der Waals surface area contributed by atoms with Crippen molar-refractivity contribution in [2.24, 2.45) is 0 Å². The third kappa shape index (κ3) is 2.75. The first-order valence-electron chi connectivity index (χ1n) is 5.93. The van der Waals surface area contributed by atoms with Gasteiger partial charge in [-0.2, -0.15) is 0 Å². The Morgan fingerprint density at radius 3 is 3.00 bits per heavy atom. The smallest absolute Gasteiger partial charge is 0.356 e. The molecule has 0 N–H and O–H groups in total. The van der Waals surface area contributed by atoms with Crippen LogP contribution in [0.5, 0.6) is 0 Å². The summed E-state index contributed by atoms with van der Waals surface area (Å²) < 4.78 is 18.0. The molecule has 0 bridgehead atoms. The van der Waals surface area contributed by atoms with Crippen LogP contribution in [0, 0.1) is 6.92 Å². The summed E-state index contributed by atoms with van der Waals surface area (Å²) in [5.74, 6) is -0.103. The zero-order chi connectivity index (χ0) is 13.1. The Morgan fingerprint density at radius 2 is 2.33 bits per heavy atom. The van der Waals surface area contributed by atoms with Gasteiger partial charge in [0.2, 0.25) is 5.95 Å². The molecule has 0 saturated carbocycles. The minimum atomic E-state index is -0.857. The summed E-state index contributed by atoms with van der Waals surface area (Å²) in [5.41, 5.74) is 0.877. The van der Waals surface area contributed by atoms with Crippen molar-refractivity contribution in [2.75, 3.05) is 25.1 Å². The summed E-state index contributed by atoms with van der Waals surface area (Å²) in [4.78, 5) is 21.6. The summed E-state index contributed by atoms with van der Waals surface area (Å²) >= 11 is 0. The second-order valence-corrected chi connectivity index (χ2v) is 4.37. The van der Waals surface area contributed by atoms with Gasteiger partial charge in [0.1, 0.15) is 6.17 Å². The van der Waals surface area contributed by atoms with E-state index in [2.05, 4.69) is 14.7 Å². The Balaban J connectivity index is 2.27. The van der Waals surface area contributed by atoms with Crippen LogP contribution in [0.3, 0.4) is 0 Å². The Kier molecular flexibility index (Phi) is 3.74. The summed E-state index contributed by atoms with van der Waals surface area (Å²) in [6.45, 7) is 2.77. The van der Waals surface area contributed by atoms with Crippen LogP contribution in [0.15, 0.2) is 6.07 Å². The number of piperidine rings is 1. The molecular formula is C12H16FN3O2. The highest BCUT2D eigenvalue weighted by atomic mass is 19.1. The number of esters is 1. The van der Waals surface area contributed by atoms with E-state index in [4.69, 9.17) is 0 Å². The van der Waals surface area contributed by atoms with Crippen molar-refractivity contribution in [1.29, 1.82) is 0 Å². The van der Waals surface area contributed by atoms with E-state index in [1.807, 2.05) is 0 Å². The maximum Gasteiger partial charge on any atom is 0.356 e. The first-order chi connectivity index (χ1) is 8.60. The molecule has 5 nitrogen and oxygen atoms in total. The Labute approximate surface area is 105 Å². The van der Waals surface area contributed by atoms with Gasteiger partial charge in [0, 0.05) is 12.2 Å². The van der Waals surface area contributed by atoms with Crippen LogP contribution >= 0.6 is 0 Å². The van der Waals surface area contributed by atoms with Gasteiger partial charge < -0.3 is 9.64 Å². The maximum atomic E-state index is 13.4. The topological polar surface area (TPSA) is 55.3 Å². The molecule has 2 heterocycles. The molecule has 1 aromatic heterocycles. The molecule has 1 aromatic rings. The molecule has 1 aliphatic rings. The highest BCUT2D eigenvalue weighted by molar-refractivity contribution is 5.87. The summed E-state index contributed by atoms with van der Waals surface area (Å²) in [6.07, 6.45) is 0.488. The van der Waals surface area contributed by atoms with E-state index >= 15 is 0 Å². The lowest BCUT2D eigenvalue weighted by atomic mass is 10.1. The standard InChI is InChI=1S/C12H16FN3O2/c1-8-6-10(11(17)18-2)15-12(14-8)16-5-3-4-9(13)7-16/h6,9H,3-5,7H2,1-2H3. The summed E-state index contributed by atoms with van der Waals surface area (Å²) in [6, 6.07) is 1.56. The second kappa shape index (κ2) is 5.29. The van der Waals surface area contributed by atoms with Crippen LogP contribution in [0.1, 0.15) is 29.0 Å². The summed E-state index contributed by atoms with van der Waals surface area (Å²) in [5, 5.41) is 0. The van der Waals surface area contributed by atoms with Crippen molar-refractivity contribution in [1.82, 2.24) is 9.97 Å². The number of anilines is 1. The van der Waals surface area contributed by atoms with Gasteiger partial charge in [0.15, 0.2) is 5.69 Å². The fraction of sp³-hybridized carbons (Fsp3) is 0.583. The van der Waals surface area contributed by atoms with Crippen molar-refractivity contribution < 1.29 is 13.9 Å². The fourth-order valence-corrected chi connectivity index (χ4v) is 2.01. The van der Waals surface area contributed by atoms with Gasteiger partial charge in [-0.1, -0.05) is 0 Å². The minimum Gasteiger partial charge on any atom is -0.464 e. The number of carbonyl (C=O) groups is 1. The van der Waals surface area contributed by atoms with Crippen molar-refractivity contribution in [3.63, 3.8) is 0 Å². The largest absolute Gasteiger partial charge is 0.464 e. The second-order valence-electron chi connectivity index (χ2n) is 4.37. The molecular weight excluding hydrogens is 237 g/mol. The molecule has 0 radical (unpaired) electrons. The van der Waals surface area contributed by atoms with Crippen molar-refractivity contribution >= 4 is 11.9 Å². The molecule has 6 heteroatoms. The van der Waals surface area contributed by atoms with Crippen LogP contribution in [0.4, 0.5) is 10.3 Å². The van der Waals surface area contributed by atoms with Gasteiger partial charge in [0.05, 0.1) is 13.7 Å². The minimum absolute atomic E-state index is 0.209. The van der Waals surface area contributed by atoms with Crippen LogP contribution in [0.2, 0.25) is 0 Å². The average molecular weight is 253 g/mol. The molecule has 0 spiro atoms. The first kappa shape index (κ1) is 12.7. The molecule has 2 rings (SSSR count). The van der Waals surface area contributed by atoms with Crippen molar-refractivity contribution in [2.45, 2.75) is 25.9 Å². The Hall–Kier alpha value is -1.72. The third-order valence-electron chi connectivity index (χ3n) is 2.88. The van der Waals surface area contributed by atoms with Gasteiger partial charge in [-0.05, 0) is 25.8 Å². The van der Waals surface area contributed by atoms with Gasteiger partial charge in [-0.25, -0.2) is 19.2 Å². The lowest BCUT2D eigenvalue weighted by molar-refractivity contribution is 0.0593. The summed E-state index contributed by atoms with van der Waals surface area (Å²) in [7, 11) is 1.30. The van der Waals surface area contributed by atoms with Crippen molar-refractivity contribution in [3.8, 4) is 0 Å². The lowest BCUT2D eigenvalue weighted by Gasteiger charge is -2.29. The first-order valence-corrected chi connectivity index (χ1v) is 5.93. The number of hydrogen-bond donors (Lipinski definition) is 0. The zero-order valence-corrected chi connectivity index (χ0v) is 10.5.